The van der Waals surface area contributed by atoms with E-state index in [1.165, 1.54) is 5.56 Å². The molecule has 0 spiro atoms. The Bertz CT molecular complexity index is 774. The van der Waals surface area contributed by atoms with Crippen LogP contribution >= 0.6 is 0 Å². The normalized spacial score (nSPS) is 13.9. The molecule has 2 aromatic rings. The third-order valence-corrected chi connectivity index (χ3v) is 4.53. The molecule has 0 fully saturated rings. The van der Waals surface area contributed by atoms with Gasteiger partial charge >= 0.3 is 0 Å². The summed E-state index contributed by atoms with van der Waals surface area (Å²) in [4.78, 5) is 26.8. The molecule has 0 aliphatic carbocycles. The van der Waals surface area contributed by atoms with Gasteiger partial charge < -0.3 is 15.5 Å². The van der Waals surface area contributed by atoms with Crippen LogP contribution in [0.1, 0.15) is 28.4 Å². The van der Waals surface area contributed by atoms with Gasteiger partial charge in [-0.15, -0.1) is 0 Å². The highest BCUT2D eigenvalue weighted by atomic mass is 16.2. The average Bonchev–Trinajstić information content (AvgIpc) is 3.01. The Balaban J connectivity index is 1.57. The van der Waals surface area contributed by atoms with E-state index in [0.717, 1.165) is 24.2 Å². The van der Waals surface area contributed by atoms with Crippen molar-refractivity contribution in [2.45, 2.75) is 25.9 Å². The largest absolute Gasteiger partial charge is 0.374 e. The maximum Gasteiger partial charge on any atom is 0.251 e. The number of hydrogen-bond donors (Lipinski definition) is 2. The van der Waals surface area contributed by atoms with Crippen LogP contribution < -0.4 is 15.5 Å². The summed E-state index contributed by atoms with van der Waals surface area (Å²) in [6.07, 6.45) is 1.01. The summed E-state index contributed by atoms with van der Waals surface area (Å²) < 4.78 is 0. The van der Waals surface area contributed by atoms with E-state index in [0.29, 0.717) is 12.1 Å². The lowest BCUT2D eigenvalue weighted by Gasteiger charge is -2.16. The molecule has 0 bridgehead atoms. The van der Waals surface area contributed by atoms with Crippen LogP contribution in [0.4, 0.5) is 5.69 Å². The van der Waals surface area contributed by atoms with E-state index in [2.05, 4.69) is 15.5 Å². The first-order valence-electron chi connectivity index (χ1n) is 8.51. The van der Waals surface area contributed by atoms with Crippen LogP contribution in [0.5, 0.6) is 0 Å². The molecule has 0 saturated heterocycles. The van der Waals surface area contributed by atoms with Crippen molar-refractivity contribution < 1.29 is 9.59 Å². The number of anilines is 1. The molecule has 25 heavy (non-hydrogen) atoms. The van der Waals surface area contributed by atoms with Crippen LogP contribution in [-0.4, -0.2) is 31.4 Å². The zero-order valence-electron chi connectivity index (χ0n) is 14.6. The Kier molecular flexibility index (Phi) is 5.03. The predicted molar refractivity (Wildman–Crippen MR) is 98.6 cm³/mol. The molecule has 1 heterocycles. The molecule has 1 aliphatic heterocycles. The van der Waals surface area contributed by atoms with E-state index >= 15 is 0 Å². The highest BCUT2D eigenvalue weighted by Gasteiger charge is 2.20. The molecule has 2 amide bonds. The second-order valence-electron chi connectivity index (χ2n) is 6.41. The zero-order valence-corrected chi connectivity index (χ0v) is 14.6. The monoisotopic (exact) mass is 337 g/mol. The van der Waals surface area contributed by atoms with Gasteiger partial charge in [0, 0.05) is 31.4 Å². The van der Waals surface area contributed by atoms with Crippen LogP contribution in [-0.2, 0) is 17.8 Å². The molecule has 130 valence electrons. The summed E-state index contributed by atoms with van der Waals surface area (Å²) in [5, 5.41) is 5.61. The van der Waals surface area contributed by atoms with Crippen molar-refractivity contribution in [2.24, 2.45) is 0 Å². The summed E-state index contributed by atoms with van der Waals surface area (Å²) in [6.45, 7) is 3.11. The number of rotatable bonds is 5. The molecule has 1 aliphatic rings. The van der Waals surface area contributed by atoms with Gasteiger partial charge in [-0.2, -0.15) is 0 Å². The van der Waals surface area contributed by atoms with E-state index in [1.54, 1.807) is 6.92 Å². The van der Waals surface area contributed by atoms with Crippen molar-refractivity contribution in [2.75, 3.05) is 18.5 Å². The maximum atomic E-state index is 12.4. The first kappa shape index (κ1) is 17.0. The minimum atomic E-state index is -0.595. The summed E-state index contributed by atoms with van der Waals surface area (Å²) in [5.74, 6) is -0.430. The summed E-state index contributed by atoms with van der Waals surface area (Å²) >= 11 is 0. The highest BCUT2D eigenvalue weighted by molar-refractivity contribution is 5.98. The molecule has 2 aromatic carbocycles. The molecule has 0 saturated carbocycles. The van der Waals surface area contributed by atoms with Crippen LogP contribution in [0.3, 0.4) is 0 Å². The lowest BCUT2D eigenvalue weighted by atomic mass is 10.1. The minimum absolute atomic E-state index is 0.199. The number of carbonyl (C=O) groups is 2. The average molecular weight is 337 g/mol. The van der Waals surface area contributed by atoms with Gasteiger partial charge in [-0.25, -0.2) is 0 Å². The fraction of sp³-hybridized carbons (Fsp3) is 0.300. The van der Waals surface area contributed by atoms with Crippen molar-refractivity contribution in [3.8, 4) is 0 Å². The van der Waals surface area contributed by atoms with Gasteiger partial charge in [0.15, 0.2) is 0 Å². The fourth-order valence-corrected chi connectivity index (χ4v) is 2.96. The Morgan fingerprint density at radius 3 is 2.68 bits per heavy atom. The smallest absolute Gasteiger partial charge is 0.251 e. The summed E-state index contributed by atoms with van der Waals surface area (Å²) in [7, 11) is 2.02. The number of hydrogen-bond acceptors (Lipinski definition) is 3. The molecule has 3 rings (SSSR count). The summed E-state index contributed by atoms with van der Waals surface area (Å²) in [5.41, 5.74) is 3.95. The van der Waals surface area contributed by atoms with Gasteiger partial charge in [-0.1, -0.05) is 36.4 Å². The number of likely N-dealkylation sites (N-methyl/N-ethyl adjacent to an activating group) is 1. The van der Waals surface area contributed by atoms with Gasteiger partial charge in [0.1, 0.15) is 6.04 Å². The Labute approximate surface area is 148 Å². The molecule has 1 atom stereocenters. The molecule has 5 nitrogen and oxygen atoms in total. The molecule has 2 N–H and O–H groups in total. The third-order valence-electron chi connectivity index (χ3n) is 4.53. The molecular formula is C20H23N3O2. The van der Waals surface area contributed by atoms with E-state index < -0.39 is 6.04 Å². The van der Waals surface area contributed by atoms with Gasteiger partial charge in [0.25, 0.3) is 5.91 Å². The van der Waals surface area contributed by atoms with Crippen molar-refractivity contribution in [3.63, 3.8) is 0 Å². The predicted octanol–water partition coefficient (Wildman–Crippen LogP) is 2.11. The molecule has 1 unspecified atom stereocenters. The van der Waals surface area contributed by atoms with Crippen molar-refractivity contribution in [1.82, 2.24) is 10.6 Å². The number of nitrogens with one attached hydrogen (secondary N) is 2. The van der Waals surface area contributed by atoms with E-state index in [9.17, 15) is 9.59 Å². The lowest BCUT2D eigenvalue weighted by molar-refractivity contribution is -0.122. The first-order chi connectivity index (χ1) is 12.0. The van der Waals surface area contributed by atoms with E-state index in [-0.39, 0.29) is 11.8 Å². The van der Waals surface area contributed by atoms with Gasteiger partial charge in [-0.05, 0) is 36.6 Å². The lowest BCUT2D eigenvalue weighted by Crippen LogP contribution is -2.44. The van der Waals surface area contributed by atoms with Gasteiger partial charge in [0.2, 0.25) is 5.91 Å². The minimum Gasteiger partial charge on any atom is -0.374 e. The quantitative estimate of drug-likeness (QED) is 0.878. The van der Waals surface area contributed by atoms with Gasteiger partial charge in [-0.3, -0.25) is 9.59 Å². The van der Waals surface area contributed by atoms with Crippen molar-refractivity contribution in [3.05, 3.63) is 65.2 Å². The SMILES string of the molecule is CC(NC(=O)c1ccc2c(c1)N(C)CC2)C(=O)NCc1ccccc1. The van der Waals surface area contributed by atoms with Crippen molar-refractivity contribution >= 4 is 17.5 Å². The Hall–Kier alpha value is -2.82. The van der Waals surface area contributed by atoms with Crippen LogP contribution in [0.15, 0.2) is 48.5 Å². The standard InChI is InChI=1S/C20H23N3O2/c1-14(19(24)21-13-15-6-4-3-5-7-15)22-20(25)17-9-8-16-10-11-23(2)18(16)12-17/h3-9,12,14H,10-11,13H2,1-2H3,(H,21,24)(H,22,25). The summed E-state index contributed by atoms with van der Waals surface area (Å²) in [6, 6.07) is 14.8. The highest BCUT2D eigenvalue weighted by Crippen LogP contribution is 2.27. The van der Waals surface area contributed by atoms with Gasteiger partial charge in [0.05, 0.1) is 0 Å². The van der Waals surface area contributed by atoms with Crippen LogP contribution in [0.25, 0.3) is 0 Å². The number of amides is 2. The zero-order chi connectivity index (χ0) is 17.8. The van der Waals surface area contributed by atoms with Crippen LogP contribution in [0.2, 0.25) is 0 Å². The maximum absolute atomic E-state index is 12.4. The van der Waals surface area contributed by atoms with Crippen molar-refractivity contribution in [1.29, 1.82) is 0 Å². The first-order valence-corrected chi connectivity index (χ1v) is 8.51. The number of carbonyl (C=O) groups excluding carboxylic acids is 2. The topological polar surface area (TPSA) is 61.4 Å². The van der Waals surface area contributed by atoms with E-state index in [4.69, 9.17) is 0 Å². The van der Waals surface area contributed by atoms with E-state index in [1.807, 2.05) is 55.6 Å². The second-order valence-corrected chi connectivity index (χ2v) is 6.41. The molecule has 0 radical (unpaired) electrons. The molecular weight excluding hydrogens is 314 g/mol. The fourth-order valence-electron chi connectivity index (χ4n) is 2.96. The number of benzene rings is 2. The number of nitrogens with zero attached hydrogens (tertiary/aromatic N) is 1. The second kappa shape index (κ2) is 7.38. The van der Waals surface area contributed by atoms with Crippen LogP contribution in [0, 0.1) is 0 Å². The Morgan fingerprint density at radius 1 is 1.16 bits per heavy atom. The third kappa shape index (κ3) is 3.99. The molecule has 5 heteroatoms. The Morgan fingerprint density at radius 2 is 1.92 bits per heavy atom. The number of fused-ring (bicyclic) bond motifs is 1. The molecule has 0 aromatic heterocycles.